The molecule has 1 N–H and O–H groups in total. The molecule has 0 bridgehead atoms. The maximum Gasteiger partial charge on any atom is 0.222 e. The number of amides is 1. The lowest BCUT2D eigenvalue weighted by atomic mass is 10.1. The molecule has 2 aromatic heterocycles. The van der Waals surface area contributed by atoms with Gasteiger partial charge in [0.1, 0.15) is 17.0 Å². The Morgan fingerprint density at radius 1 is 1.40 bits per heavy atom. The van der Waals surface area contributed by atoms with Gasteiger partial charge in [-0.25, -0.2) is 9.97 Å². The molecular formula is C14H18N4OS. The summed E-state index contributed by atoms with van der Waals surface area (Å²) in [5.74, 6) is 1.07. The number of aromatic nitrogens is 2. The van der Waals surface area contributed by atoms with Crippen LogP contribution in [0.3, 0.4) is 0 Å². The van der Waals surface area contributed by atoms with E-state index in [1.165, 1.54) is 10.4 Å². The highest BCUT2D eigenvalue weighted by atomic mass is 32.1. The van der Waals surface area contributed by atoms with Gasteiger partial charge in [-0.3, -0.25) is 4.79 Å². The highest BCUT2D eigenvalue weighted by Gasteiger charge is 2.25. The minimum atomic E-state index is 0.114. The lowest BCUT2D eigenvalue weighted by Crippen LogP contribution is -2.35. The van der Waals surface area contributed by atoms with Crippen LogP contribution in [0.4, 0.5) is 5.82 Å². The molecule has 1 fully saturated rings. The number of rotatable bonds is 1. The predicted molar refractivity (Wildman–Crippen MR) is 81.3 cm³/mol. The Kier molecular flexibility index (Phi) is 3.33. The van der Waals surface area contributed by atoms with E-state index >= 15 is 0 Å². The van der Waals surface area contributed by atoms with E-state index in [1.807, 2.05) is 0 Å². The van der Waals surface area contributed by atoms with Gasteiger partial charge in [0, 0.05) is 30.4 Å². The largest absolute Gasteiger partial charge is 0.354 e. The van der Waals surface area contributed by atoms with Crippen LogP contribution >= 0.6 is 11.3 Å². The van der Waals surface area contributed by atoms with Gasteiger partial charge in [0.05, 0.1) is 5.39 Å². The van der Waals surface area contributed by atoms with E-state index in [0.717, 1.165) is 22.6 Å². The number of fused-ring (bicyclic) bond motifs is 1. The Labute approximate surface area is 122 Å². The molecule has 1 amide bonds. The molecule has 20 heavy (non-hydrogen) atoms. The number of nitrogens with one attached hydrogen (secondary N) is 1. The van der Waals surface area contributed by atoms with E-state index < -0.39 is 0 Å². The van der Waals surface area contributed by atoms with Crippen molar-refractivity contribution in [3.05, 3.63) is 16.8 Å². The zero-order valence-corrected chi connectivity index (χ0v) is 12.8. The summed E-state index contributed by atoms with van der Waals surface area (Å²) in [4.78, 5) is 25.0. The molecular weight excluding hydrogens is 272 g/mol. The highest BCUT2D eigenvalue weighted by Crippen LogP contribution is 2.35. The molecule has 1 unspecified atom stereocenters. The zero-order valence-electron chi connectivity index (χ0n) is 11.9. The predicted octanol–water partition coefficient (Wildman–Crippen LogP) is 2.02. The molecule has 1 aliphatic heterocycles. The number of nitrogens with zero attached hydrogens (tertiary/aromatic N) is 3. The van der Waals surface area contributed by atoms with Crippen LogP contribution in [0.15, 0.2) is 6.33 Å². The average molecular weight is 290 g/mol. The minimum absolute atomic E-state index is 0.114. The van der Waals surface area contributed by atoms with Crippen molar-refractivity contribution in [2.24, 2.45) is 0 Å². The minimum Gasteiger partial charge on any atom is -0.354 e. The Bertz CT molecular complexity index is 666. The highest BCUT2D eigenvalue weighted by molar-refractivity contribution is 7.18. The summed E-state index contributed by atoms with van der Waals surface area (Å²) in [6.45, 7) is 7.76. The Morgan fingerprint density at radius 3 is 3.00 bits per heavy atom. The first-order chi connectivity index (χ1) is 9.58. The zero-order chi connectivity index (χ0) is 14.3. The molecule has 106 valence electrons. The van der Waals surface area contributed by atoms with E-state index in [2.05, 4.69) is 41.0 Å². The van der Waals surface area contributed by atoms with Crippen molar-refractivity contribution in [2.75, 3.05) is 18.0 Å². The lowest BCUT2D eigenvalue weighted by Gasteiger charge is -2.27. The van der Waals surface area contributed by atoms with Crippen molar-refractivity contribution in [3.63, 3.8) is 0 Å². The number of carbonyl (C=O) groups is 1. The molecule has 1 atom stereocenters. The van der Waals surface area contributed by atoms with Crippen molar-refractivity contribution < 1.29 is 4.79 Å². The fourth-order valence-electron chi connectivity index (χ4n) is 2.68. The van der Waals surface area contributed by atoms with Gasteiger partial charge in [-0.2, -0.15) is 0 Å². The van der Waals surface area contributed by atoms with Crippen molar-refractivity contribution in [1.29, 1.82) is 0 Å². The molecule has 2 aromatic rings. The molecule has 3 heterocycles. The normalized spacial score (nSPS) is 20.1. The third kappa shape index (κ3) is 2.14. The standard InChI is InChI=1S/C14H18N4OS/c1-8-6-11(19)15-4-5-18(8)13-12-9(2)10(3)20-14(12)17-7-16-13/h7-8H,4-6H2,1-3H3,(H,15,19). The third-order valence-electron chi connectivity index (χ3n) is 3.91. The monoisotopic (exact) mass is 290 g/mol. The van der Waals surface area contributed by atoms with Crippen LogP contribution in [-0.2, 0) is 4.79 Å². The molecule has 6 heteroatoms. The van der Waals surface area contributed by atoms with Crippen molar-refractivity contribution in [2.45, 2.75) is 33.2 Å². The topological polar surface area (TPSA) is 58.1 Å². The summed E-state index contributed by atoms with van der Waals surface area (Å²) in [5, 5.41) is 4.06. The second kappa shape index (κ2) is 5.01. The number of carbonyl (C=O) groups excluding carboxylic acids is 1. The fraction of sp³-hybridized carbons (Fsp3) is 0.500. The van der Waals surface area contributed by atoms with Gasteiger partial charge >= 0.3 is 0 Å². The van der Waals surface area contributed by atoms with Crippen LogP contribution in [0.2, 0.25) is 0 Å². The average Bonchev–Trinajstić information content (AvgIpc) is 2.59. The van der Waals surface area contributed by atoms with E-state index in [9.17, 15) is 4.79 Å². The van der Waals surface area contributed by atoms with E-state index in [4.69, 9.17) is 0 Å². The third-order valence-corrected chi connectivity index (χ3v) is 5.02. The van der Waals surface area contributed by atoms with Gasteiger partial charge in [0.25, 0.3) is 0 Å². The SMILES string of the molecule is Cc1sc2ncnc(N3CCNC(=O)CC3C)c2c1C. The van der Waals surface area contributed by atoms with Crippen LogP contribution in [0, 0.1) is 13.8 Å². The molecule has 3 rings (SSSR count). The smallest absolute Gasteiger partial charge is 0.222 e. The molecule has 5 nitrogen and oxygen atoms in total. The quantitative estimate of drug-likeness (QED) is 0.873. The van der Waals surface area contributed by atoms with Gasteiger partial charge in [-0.1, -0.05) is 0 Å². The number of aryl methyl sites for hydroxylation is 2. The summed E-state index contributed by atoms with van der Waals surface area (Å²) in [6, 6.07) is 0.148. The first-order valence-corrected chi connectivity index (χ1v) is 7.63. The number of hydrogen-bond donors (Lipinski definition) is 1. The second-order valence-corrected chi connectivity index (χ2v) is 6.46. The van der Waals surface area contributed by atoms with E-state index in [0.29, 0.717) is 13.0 Å². The van der Waals surface area contributed by atoms with Crippen molar-refractivity contribution >= 4 is 33.3 Å². The maximum atomic E-state index is 11.6. The van der Waals surface area contributed by atoms with Crippen molar-refractivity contribution in [1.82, 2.24) is 15.3 Å². The first-order valence-electron chi connectivity index (χ1n) is 6.82. The van der Waals surface area contributed by atoms with Gasteiger partial charge in [-0.05, 0) is 26.3 Å². The Balaban J connectivity index is 2.11. The second-order valence-electron chi connectivity index (χ2n) is 5.26. The summed E-state index contributed by atoms with van der Waals surface area (Å²) in [5.41, 5.74) is 1.25. The summed E-state index contributed by atoms with van der Waals surface area (Å²) < 4.78 is 0. The Hall–Kier alpha value is -1.69. The van der Waals surface area contributed by atoms with Gasteiger partial charge in [-0.15, -0.1) is 11.3 Å². The number of anilines is 1. The molecule has 0 aliphatic carbocycles. The van der Waals surface area contributed by atoms with Crippen LogP contribution in [-0.4, -0.2) is 35.0 Å². The first kappa shape index (κ1) is 13.3. The molecule has 1 saturated heterocycles. The molecule has 0 radical (unpaired) electrons. The molecule has 0 spiro atoms. The summed E-state index contributed by atoms with van der Waals surface area (Å²) >= 11 is 1.70. The summed E-state index contributed by atoms with van der Waals surface area (Å²) in [6.07, 6.45) is 2.13. The van der Waals surface area contributed by atoms with Crippen LogP contribution < -0.4 is 10.2 Å². The van der Waals surface area contributed by atoms with Crippen molar-refractivity contribution in [3.8, 4) is 0 Å². The lowest BCUT2D eigenvalue weighted by molar-refractivity contribution is -0.120. The fourth-order valence-corrected chi connectivity index (χ4v) is 3.67. The van der Waals surface area contributed by atoms with Gasteiger partial charge < -0.3 is 10.2 Å². The van der Waals surface area contributed by atoms with Crippen LogP contribution in [0.1, 0.15) is 23.8 Å². The Morgan fingerprint density at radius 2 is 2.20 bits per heavy atom. The van der Waals surface area contributed by atoms with Gasteiger partial charge in [0.2, 0.25) is 5.91 Å². The molecule has 0 aromatic carbocycles. The van der Waals surface area contributed by atoms with E-state index in [-0.39, 0.29) is 11.9 Å². The maximum absolute atomic E-state index is 11.6. The number of hydrogen-bond acceptors (Lipinski definition) is 5. The van der Waals surface area contributed by atoms with Crippen LogP contribution in [0.25, 0.3) is 10.2 Å². The van der Waals surface area contributed by atoms with Crippen LogP contribution in [0.5, 0.6) is 0 Å². The number of thiophene rings is 1. The molecule has 1 aliphatic rings. The summed E-state index contributed by atoms with van der Waals surface area (Å²) in [7, 11) is 0. The van der Waals surface area contributed by atoms with E-state index in [1.54, 1.807) is 17.7 Å². The molecule has 0 saturated carbocycles. The van der Waals surface area contributed by atoms with Gasteiger partial charge in [0.15, 0.2) is 0 Å².